The van der Waals surface area contributed by atoms with E-state index in [1.807, 2.05) is 57.3 Å². The van der Waals surface area contributed by atoms with Gasteiger partial charge in [0.1, 0.15) is 18.5 Å². The Hall–Kier alpha value is -2.83. The van der Waals surface area contributed by atoms with Crippen molar-refractivity contribution in [1.29, 1.82) is 0 Å². The van der Waals surface area contributed by atoms with Gasteiger partial charge >= 0.3 is 0 Å². The molecule has 1 unspecified atom stereocenters. The molecule has 0 fully saturated rings. The van der Waals surface area contributed by atoms with Gasteiger partial charge in [-0.2, -0.15) is 0 Å². The van der Waals surface area contributed by atoms with Gasteiger partial charge in [0.2, 0.25) is 0 Å². The molecule has 6 nitrogen and oxygen atoms in total. The molecule has 28 heavy (non-hydrogen) atoms. The Morgan fingerprint density at radius 3 is 2.61 bits per heavy atom. The van der Waals surface area contributed by atoms with Crippen LogP contribution in [0.25, 0.3) is 10.9 Å². The number of rotatable bonds is 7. The summed E-state index contributed by atoms with van der Waals surface area (Å²) < 4.78 is 7.42. The van der Waals surface area contributed by atoms with Crippen LogP contribution >= 0.6 is 0 Å². The van der Waals surface area contributed by atoms with Gasteiger partial charge in [-0.05, 0) is 45.0 Å². The Labute approximate surface area is 165 Å². The molecule has 3 rings (SSSR count). The number of β-amino-alcohol motifs (C(OH)–C–C–N with tert-alkyl or cyclic N) is 1. The van der Waals surface area contributed by atoms with E-state index in [0.717, 1.165) is 10.9 Å². The molecule has 0 saturated carbocycles. The molecule has 148 valence electrons. The predicted molar refractivity (Wildman–Crippen MR) is 111 cm³/mol. The van der Waals surface area contributed by atoms with Crippen molar-refractivity contribution in [3.63, 3.8) is 0 Å². The highest BCUT2D eigenvalue weighted by Gasteiger charge is 2.16. The zero-order chi connectivity index (χ0) is 20.1. The van der Waals surface area contributed by atoms with Gasteiger partial charge in [0.15, 0.2) is 0 Å². The summed E-state index contributed by atoms with van der Waals surface area (Å²) in [6, 6.07) is 16.8. The van der Waals surface area contributed by atoms with Crippen LogP contribution in [0.5, 0.6) is 5.75 Å². The molecule has 0 aliphatic carbocycles. The number of ether oxygens (including phenoxy) is 1. The quantitative estimate of drug-likeness (QED) is 0.588. The Morgan fingerprint density at radius 1 is 1.11 bits per heavy atom. The molecule has 0 aliphatic rings. The summed E-state index contributed by atoms with van der Waals surface area (Å²) in [5.41, 5.74) is 4.12. The first-order valence-corrected chi connectivity index (χ1v) is 9.36. The lowest BCUT2D eigenvalue weighted by Gasteiger charge is -2.23. The molecule has 1 amide bonds. The monoisotopic (exact) mass is 381 g/mol. The van der Waals surface area contributed by atoms with Crippen molar-refractivity contribution in [3.05, 3.63) is 66.4 Å². The number of carbonyl (C=O) groups is 1. The molecule has 0 aliphatic heterocycles. The SMILES string of the molecule is CC(C)(C)NCC(O)COc1ccccc1C(=O)Nn1ccc2ccccc21. The minimum absolute atomic E-state index is 0.0850. The van der Waals surface area contributed by atoms with Crippen LogP contribution in [-0.2, 0) is 0 Å². The highest BCUT2D eigenvalue weighted by molar-refractivity contribution is 6.03. The fraction of sp³-hybridized carbons (Fsp3) is 0.318. The molecule has 0 saturated heterocycles. The van der Waals surface area contributed by atoms with E-state index < -0.39 is 6.10 Å². The number of hydrogen-bond donors (Lipinski definition) is 3. The summed E-state index contributed by atoms with van der Waals surface area (Å²) in [5, 5.41) is 14.4. The van der Waals surface area contributed by atoms with Gasteiger partial charge in [-0.25, -0.2) is 0 Å². The smallest absolute Gasteiger partial charge is 0.273 e. The number of hydrogen-bond acceptors (Lipinski definition) is 4. The molecule has 3 aromatic rings. The fourth-order valence-corrected chi connectivity index (χ4v) is 2.80. The van der Waals surface area contributed by atoms with Crippen LogP contribution in [0.2, 0.25) is 0 Å². The molecule has 0 bridgehead atoms. The number of aliphatic hydroxyl groups excluding tert-OH is 1. The number of amides is 1. The minimum Gasteiger partial charge on any atom is -0.490 e. The second-order valence-corrected chi connectivity index (χ2v) is 7.78. The van der Waals surface area contributed by atoms with E-state index in [9.17, 15) is 9.90 Å². The minimum atomic E-state index is -0.677. The van der Waals surface area contributed by atoms with Crippen LogP contribution in [0.1, 0.15) is 31.1 Å². The van der Waals surface area contributed by atoms with Gasteiger partial charge in [-0.1, -0.05) is 30.3 Å². The van der Waals surface area contributed by atoms with Crippen molar-refractivity contribution in [2.24, 2.45) is 0 Å². The first kappa shape index (κ1) is 19.9. The second kappa shape index (κ2) is 8.46. The molecule has 0 spiro atoms. The van der Waals surface area contributed by atoms with Crippen LogP contribution in [0, 0.1) is 0 Å². The van der Waals surface area contributed by atoms with Crippen LogP contribution in [0.3, 0.4) is 0 Å². The Bertz CT molecular complexity index is 943. The van der Waals surface area contributed by atoms with E-state index in [4.69, 9.17) is 4.74 Å². The molecule has 6 heteroatoms. The van der Waals surface area contributed by atoms with Crippen LogP contribution in [0.15, 0.2) is 60.8 Å². The summed E-state index contributed by atoms with van der Waals surface area (Å²) in [6.45, 7) is 6.61. The lowest BCUT2D eigenvalue weighted by atomic mass is 10.1. The van der Waals surface area contributed by atoms with Gasteiger partial charge < -0.3 is 15.2 Å². The maximum absolute atomic E-state index is 12.8. The van der Waals surface area contributed by atoms with Crippen LogP contribution in [0.4, 0.5) is 0 Å². The number of carbonyl (C=O) groups excluding carboxylic acids is 1. The Balaban J connectivity index is 1.67. The number of nitrogens with one attached hydrogen (secondary N) is 2. The third kappa shape index (κ3) is 5.12. The molecule has 3 N–H and O–H groups in total. The molecular weight excluding hydrogens is 354 g/mol. The van der Waals surface area contributed by atoms with E-state index in [2.05, 4.69) is 10.7 Å². The molecule has 0 radical (unpaired) electrons. The highest BCUT2D eigenvalue weighted by Crippen LogP contribution is 2.20. The van der Waals surface area contributed by atoms with Crippen molar-refractivity contribution in [3.8, 4) is 5.75 Å². The number of aromatic nitrogens is 1. The number of para-hydroxylation sites is 2. The fourth-order valence-electron chi connectivity index (χ4n) is 2.80. The maximum Gasteiger partial charge on any atom is 0.273 e. The van der Waals surface area contributed by atoms with Crippen molar-refractivity contribution in [2.75, 3.05) is 18.6 Å². The van der Waals surface area contributed by atoms with E-state index >= 15 is 0 Å². The molecule has 1 aromatic heterocycles. The largest absolute Gasteiger partial charge is 0.490 e. The number of fused-ring (bicyclic) bond motifs is 1. The maximum atomic E-state index is 12.8. The summed E-state index contributed by atoms with van der Waals surface area (Å²) in [6.07, 6.45) is 1.14. The number of benzene rings is 2. The summed E-state index contributed by atoms with van der Waals surface area (Å²) >= 11 is 0. The Morgan fingerprint density at radius 2 is 1.82 bits per heavy atom. The topological polar surface area (TPSA) is 75.5 Å². The average Bonchev–Trinajstić information content (AvgIpc) is 3.07. The number of aliphatic hydroxyl groups is 1. The number of nitrogens with zero attached hydrogens (tertiary/aromatic N) is 1. The predicted octanol–water partition coefficient (Wildman–Crippen LogP) is 3.15. The summed E-state index contributed by atoms with van der Waals surface area (Å²) in [5.74, 6) is 0.158. The highest BCUT2D eigenvalue weighted by atomic mass is 16.5. The molecule has 1 atom stereocenters. The average molecular weight is 381 g/mol. The van der Waals surface area contributed by atoms with Crippen LogP contribution < -0.4 is 15.5 Å². The summed E-state index contributed by atoms with van der Waals surface area (Å²) in [7, 11) is 0. The van der Waals surface area contributed by atoms with Gasteiger partial charge in [0.25, 0.3) is 5.91 Å². The van der Waals surface area contributed by atoms with Crippen molar-refractivity contribution in [1.82, 2.24) is 9.99 Å². The first-order chi connectivity index (χ1) is 13.3. The van der Waals surface area contributed by atoms with E-state index in [1.165, 1.54) is 0 Å². The standard InChI is InChI=1S/C22H27N3O3/c1-22(2,3)23-14-17(26)15-28-20-11-7-5-9-18(20)21(27)24-25-13-12-16-8-4-6-10-19(16)25/h4-13,17,23,26H,14-15H2,1-3H3,(H,24,27). The Kier molecular flexibility index (Phi) is 6.02. The zero-order valence-corrected chi connectivity index (χ0v) is 16.5. The van der Waals surface area contributed by atoms with E-state index in [1.54, 1.807) is 28.9 Å². The van der Waals surface area contributed by atoms with Crippen molar-refractivity contribution >= 4 is 16.8 Å². The molecule has 1 heterocycles. The van der Waals surface area contributed by atoms with Crippen molar-refractivity contribution < 1.29 is 14.6 Å². The third-order valence-electron chi connectivity index (χ3n) is 4.25. The zero-order valence-electron chi connectivity index (χ0n) is 16.5. The van der Waals surface area contributed by atoms with Crippen LogP contribution in [-0.4, -0.2) is 40.5 Å². The van der Waals surface area contributed by atoms with Gasteiger partial charge in [-0.15, -0.1) is 0 Å². The second-order valence-electron chi connectivity index (χ2n) is 7.78. The lowest BCUT2D eigenvalue weighted by molar-refractivity contribution is 0.0948. The lowest BCUT2D eigenvalue weighted by Crippen LogP contribution is -2.42. The van der Waals surface area contributed by atoms with E-state index in [-0.39, 0.29) is 18.1 Å². The normalized spacial score (nSPS) is 12.7. The third-order valence-corrected chi connectivity index (χ3v) is 4.25. The van der Waals surface area contributed by atoms with Gasteiger partial charge in [0.05, 0.1) is 11.1 Å². The van der Waals surface area contributed by atoms with Gasteiger partial charge in [0, 0.05) is 23.7 Å². The van der Waals surface area contributed by atoms with E-state index in [0.29, 0.717) is 17.9 Å². The summed E-state index contributed by atoms with van der Waals surface area (Å²) in [4.78, 5) is 12.8. The molecule has 2 aromatic carbocycles. The van der Waals surface area contributed by atoms with Gasteiger partial charge in [-0.3, -0.25) is 14.9 Å². The molecular formula is C22H27N3O3. The first-order valence-electron chi connectivity index (χ1n) is 9.36. The van der Waals surface area contributed by atoms with Crippen molar-refractivity contribution in [2.45, 2.75) is 32.4 Å².